The van der Waals surface area contributed by atoms with Crippen molar-refractivity contribution < 1.29 is 28.2 Å². The summed E-state index contributed by atoms with van der Waals surface area (Å²) >= 11 is 6.84. The number of aliphatic hydroxyl groups is 1. The summed E-state index contributed by atoms with van der Waals surface area (Å²) in [4.78, 5) is 26.6. The zero-order chi connectivity index (χ0) is 33.3. The van der Waals surface area contributed by atoms with E-state index in [0.717, 1.165) is 28.7 Å². The zero-order valence-electron chi connectivity index (χ0n) is 26.5. The van der Waals surface area contributed by atoms with Gasteiger partial charge in [0.2, 0.25) is 0 Å². The number of nitrogens with zero attached hydrogens (tertiary/aromatic N) is 1. The van der Waals surface area contributed by atoms with E-state index in [9.17, 15) is 23.1 Å². The monoisotopic (exact) mass is 669 g/mol. The first kappa shape index (κ1) is 35.4. The summed E-state index contributed by atoms with van der Waals surface area (Å²) in [6.07, 6.45) is 3.00. The molecule has 0 aliphatic carbocycles. The smallest absolute Gasteiger partial charge is 0.404 e. The molecule has 0 bridgehead atoms. The summed E-state index contributed by atoms with van der Waals surface area (Å²) in [5.41, 5.74) is 3.55. The lowest BCUT2D eigenvalue weighted by molar-refractivity contribution is -0.0563. The van der Waals surface area contributed by atoms with Gasteiger partial charge < -0.3 is 25.7 Å². The van der Waals surface area contributed by atoms with Crippen LogP contribution in [-0.4, -0.2) is 73.7 Å². The third kappa shape index (κ3) is 9.31. The lowest BCUT2D eigenvalue weighted by atomic mass is 9.72. The molecule has 46 heavy (non-hydrogen) atoms. The third-order valence-electron chi connectivity index (χ3n) is 8.68. The predicted molar refractivity (Wildman–Crippen MR) is 182 cm³/mol. The van der Waals surface area contributed by atoms with E-state index in [4.69, 9.17) is 16.7 Å². The Kier molecular flexibility index (Phi) is 12.2. The number of aryl methyl sites for hydroxylation is 1. The van der Waals surface area contributed by atoms with Gasteiger partial charge in [0.1, 0.15) is 9.84 Å². The van der Waals surface area contributed by atoms with Crippen molar-refractivity contribution in [1.82, 2.24) is 15.5 Å². The molecule has 0 aromatic heterocycles. The molecule has 1 heterocycles. The molecular weight excluding hydrogens is 626 g/mol. The number of rotatable bonds is 14. The molecule has 0 unspecified atom stereocenters. The van der Waals surface area contributed by atoms with Gasteiger partial charge in [-0.1, -0.05) is 67.1 Å². The van der Waals surface area contributed by atoms with E-state index in [1.165, 1.54) is 6.26 Å². The average Bonchev–Trinajstić information content (AvgIpc) is 3.04. The van der Waals surface area contributed by atoms with Gasteiger partial charge in [0.05, 0.1) is 11.4 Å². The Labute approximate surface area is 276 Å². The largest absolute Gasteiger partial charge is 0.465 e. The Hall–Kier alpha value is -3.44. The Bertz CT molecular complexity index is 1610. The van der Waals surface area contributed by atoms with Gasteiger partial charge in [-0.15, -0.1) is 0 Å². The van der Waals surface area contributed by atoms with Gasteiger partial charge in [0.25, 0.3) is 5.91 Å². The number of halogens is 1. The van der Waals surface area contributed by atoms with Crippen molar-refractivity contribution in [3.63, 3.8) is 0 Å². The Morgan fingerprint density at radius 1 is 1.04 bits per heavy atom. The van der Waals surface area contributed by atoms with Crippen LogP contribution in [0.4, 0.5) is 4.79 Å². The van der Waals surface area contributed by atoms with Crippen molar-refractivity contribution in [2.75, 3.05) is 38.2 Å². The minimum Gasteiger partial charge on any atom is -0.465 e. The second-order valence-electron chi connectivity index (χ2n) is 12.1. The highest BCUT2D eigenvalue weighted by Crippen LogP contribution is 2.45. The molecule has 3 aromatic carbocycles. The van der Waals surface area contributed by atoms with E-state index in [1.807, 2.05) is 42.5 Å². The number of piperidine rings is 1. The van der Waals surface area contributed by atoms with E-state index in [1.54, 1.807) is 17.0 Å². The molecule has 0 spiro atoms. The van der Waals surface area contributed by atoms with Crippen molar-refractivity contribution in [1.29, 1.82) is 0 Å². The summed E-state index contributed by atoms with van der Waals surface area (Å²) in [5.74, 6) is -0.387. The predicted octanol–water partition coefficient (Wildman–Crippen LogP) is 5.49. The van der Waals surface area contributed by atoms with Gasteiger partial charge in [0.15, 0.2) is 0 Å². The quantitative estimate of drug-likeness (QED) is 0.167. The van der Waals surface area contributed by atoms with Gasteiger partial charge in [-0.3, -0.25) is 4.79 Å². The van der Waals surface area contributed by atoms with Crippen LogP contribution in [0, 0.1) is 5.92 Å². The van der Waals surface area contributed by atoms with Crippen molar-refractivity contribution in [3.8, 4) is 11.1 Å². The molecule has 1 aliphatic rings. The first-order chi connectivity index (χ1) is 21.9. The molecule has 0 radical (unpaired) electrons. The highest BCUT2D eigenvalue weighted by Gasteiger charge is 2.43. The molecule has 1 saturated heterocycles. The average molecular weight is 670 g/mol. The van der Waals surface area contributed by atoms with E-state index < -0.39 is 21.5 Å². The van der Waals surface area contributed by atoms with Crippen molar-refractivity contribution in [3.05, 3.63) is 94.0 Å². The number of carbonyl (C=O) groups excluding carboxylic acids is 1. The van der Waals surface area contributed by atoms with Crippen molar-refractivity contribution in [2.45, 2.75) is 51.2 Å². The number of nitrogens with one attached hydrogen (secondary N) is 2. The minimum atomic E-state index is -3.04. The molecule has 1 aliphatic heterocycles. The molecule has 2 atom stereocenters. The molecule has 1 fully saturated rings. The highest BCUT2D eigenvalue weighted by molar-refractivity contribution is 7.90. The summed E-state index contributed by atoms with van der Waals surface area (Å²) in [6, 6.07) is 20.9. The summed E-state index contributed by atoms with van der Waals surface area (Å²) < 4.78 is 22.7. The summed E-state index contributed by atoms with van der Waals surface area (Å²) in [6.45, 7) is 3.99. The fourth-order valence-corrected chi connectivity index (χ4v) is 7.03. The Morgan fingerprint density at radius 3 is 2.48 bits per heavy atom. The number of sulfone groups is 1. The normalized spacial score (nSPS) is 16.5. The first-order valence-corrected chi connectivity index (χ1v) is 18.2. The molecule has 3 aromatic rings. The second-order valence-corrected chi connectivity index (χ2v) is 14.7. The number of carbonyl (C=O) groups is 2. The molecule has 11 heteroatoms. The van der Waals surface area contributed by atoms with Gasteiger partial charge in [-0.2, -0.15) is 0 Å². The van der Waals surface area contributed by atoms with E-state index >= 15 is 0 Å². The number of amides is 2. The number of benzene rings is 3. The fourth-order valence-electron chi connectivity index (χ4n) is 6.23. The van der Waals surface area contributed by atoms with E-state index in [2.05, 4.69) is 29.7 Å². The van der Waals surface area contributed by atoms with Crippen LogP contribution in [0.15, 0.2) is 66.7 Å². The SMILES string of the molecule is CCc1cccc(-c2c(Cl)cccc2[C@](O)(CCCNC(=O)O)[C@@H]2CCCN(C(=O)c3ccc(CNCCS(C)(=O)=O)cc3)C2)c1. The van der Waals surface area contributed by atoms with Crippen LogP contribution in [0.5, 0.6) is 0 Å². The molecule has 2 amide bonds. The summed E-state index contributed by atoms with van der Waals surface area (Å²) in [5, 5.41) is 27.9. The van der Waals surface area contributed by atoms with E-state index in [-0.39, 0.29) is 30.5 Å². The maximum atomic E-state index is 13.7. The second kappa shape index (κ2) is 15.9. The number of likely N-dealkylation sites (tertiary alicyclic amines) is 1. The van der Waals surface area contributed by atoms with Crippen LogP contribution in [0.25, 0.3) is 11.1 Å². The summed E-state index contributed by atoms with van der Waals surface area (Å²) in [7, 11) is -3.04. The molecule has 9 nitrogen and oxygen atoms in total. The third-order valence-corrected chi connectivity index (χ3v) is 9.94. The van der Waals surface area contributed by atoms with Gasteiger partial charge in [-0.25, -0.2) is 13.2 Å². The number of hydrogen-bond acceptors (Lipinski definition) is 6. The number of hydrogen-bond donors (Lipinski definition) is 4. The Morgan fingerprint density at radius 2 is 1.78 bits per heavy atom. The molecule has 4 N–H and O–H groups in total. The molecular formula is C35H44ClN3O6S. The van der Waals surface area contributed by atoms with Crippen LogP contribution < -0.4 is 10.6 Å². The lowest BCUT2D eigenvalue weighted by Gasteiger charge is -2.44. The van der Waals surface area contributed by atoms with Crippen LogP contribution in [-0.2, 0) is 28.4 Å². The van der Waals surface area contributed by atoms with E-state index in [0.29, 0.717) is 61.6 Å². The van der Waals surface area contributed by atoms with Gasteiger partial charge in [-0.05, 0) is 72.6 Å². The zero-order valence-corrected chi connectivity index (χ0v) is 28.0. The fraction of sp³-hybridized carbons (Fsp3) is 0.429. The van der Waals surface area contributed by atoms with Gasteiger partial charge >= 0.3 is 6.09 Å². The minimum absolute atomic E-state index is 0.0594. The molecule has 0 saturated carbocycles. The maximum absolute atomic E-state index is 13.7. The Balaban J connectivity index is 1.59. The van der Waals surface area contributed by atoms with Crippen LogP contribution >= 0.6 is 11.6 Å². The van der Waals surface area contributed by atoms with Crippen molar-refractivity contribution >= 4 is 33.4 Å². The standard InChI is InChI=1S/C35H44ClN3O6S/c1-3-25-8-4-9-28(22-25)32-30(11-5-12-31(32)36)35(43,17-7-18-38-34(41)42)29-10-6-20-39(24-29)33(40)27-15-13-26(14-16-27)23-37-19-21-46(2,44)45/h4-5,8-9,11-16,22,29,37-38,43H,3,6-7,10,17-21,23-24H2,1-2H3,(H,41,42)/t29-,35+/m1/s1. The van der Waals surface area contributed by atoms with Gasteiger partial charge in [0, 0.05) is 61.0 Å². The van der Waals surface area contributed by atoms with Crippen LogP contribution in [0.2, 0.25) is 5.02 Å². The first-order valence-electron chi connectivity index (χ1n) is 15.8. The highest BCUT2D eigenvalue weighted by atomic mass is 35.5. The van der Waals surface area contributed by atoms with Crippen molar-refractivity contribution in [2.24, 2.45) is 5.92 Å². The maximum Gasteiger partial charge on any atom is 0.404 e. The topological polar surface area (TPSA) is 136 Å². The number of carboxylic acid groups (broad SMARTS) is 1. The lowest BCUT2D eigenvalue weighted by Crippen LogP contribution is -2.48. The molecule has 248 valence electrons. The van der Waals surface area contributed by atoms with Crippen LogP contribution in [0.3, 0.4) is 0 Å². The molecule has 4 rings (SSSR count). The van der Waals surface area contributed by atoms with Crippen LogP contribution in [0.1, 0.15) is 59.7 Å².